The first-order chi connectivity index (χ1) is 7.10. The van der Waals surface area contributed by atoms with Gasteiger partial charge in [0.1, 0.15) is 0 Å². The molecular formula is C7H8N4O4. The van der Waals surface area contributed by atoms with Crippen molar-refractivity contribution in [1.29, 1.82) is 0 Å². The summed E-state index contributed by atoms with van der Waals surface area (Å²) < 4.78 is 4.76. The van der Waals surface area contributed by atoms with E-state index in [1.165, 1.54) is 19.2 Å². The van der Waals surface area contributed by atoms with Crippen LogP contribution in [0.1, 0.15) is 5.69 Å². The van der Waals surface area contributed by atoms with Crippen molar-refractivity contribution < 1.29 is 14.9 Å². The number of ether oxygens (including phenoxy) is 1. The zero-order valence-corrected chi connectivity index (χ0v) is 7.75. The lowest BCUT2D eigenvalue weighted by Gasteiger charge is -2.02. The second kappa shape index (κ2) is 4.22. The highest BCUT2D eigenvalue weighted by molar-refractivity contribution is 5.98. The lowest BCUT2D eigenvalue weighted by molar-refractivity contribution is -0.385. The van der Waals surface area contributed by atoms with Crippen molar-refractivity contribution in [3.63, 3.8) is 0 Å². The number of pyridine rings is 1. The zero-order chi connectivity index (χ0) is 11.4. The molecule has 8 nitrogen and oxygen atoms in total. The summed E-state index contributed by atoms with van der Waals surface area (Å²) in [4.78, 5) is 13.6. The predicted octanol–water partition coefficient (Wildman–Crippen LogP) is 0.0929. The van der Waals surface area contributed by atoms with Gasteiger partial charge in [0.25, 0.3) is 5.69 Å². The highest BCUT2D eigenvalue weighted by Gasteiger charge is 2.19. The normalized spacial score (nSPS) is 11.1. The number of amidine groups is 1. The summed E-state index contributed by atoms with van der Waals surface area (Å²) in [5.41, 5.74) is 4.64. The van der Waals surface area contributed by atoms with Gasteiger partial charge < -0.3 is 15.7 Å². The molecule has 3 N–H and O–H groups in total. The molecule has 0 aliphatic heterocycles. The maximum absolute atomic E-state index is 10.6. The van der Waals surface area contributed by atoms with E-state index >= 15 is 0 Å². The van der Waals surface area contributed by atoms with Gasteiger partial charge in [-0.05, 0) is 0 Å². The van der Waals surface area contributed by atoms with Crippen LogP contribution >= 0.6 is 0 Å². The molecule has 0 aromatic carbocycles. The monoisotopic (exact) mass is 212 g/mol. The molecule has 1 aromatic rings. The van der Waals surface area contributed by atoms with Crippen molar-refractivity contribution >= 4 is 11.5 Å². The van der Waals surface area contributed by atoms with Gasteiger partial charge in [0.05, 0.1) is 12.0 Å². The molecule has 0 bridgehead atoms. The number of rotatable bonds is 3. The summed E-state index contributed by atoms with van der Waals surface area (Å²) in [6, 6.07) is 2.48. The van der Waals surface area contributed by atoms with Crippen LogP contribution in [0.4, 0.5) is 5.69 Å². The third kappa shape index (κ3) is 2.10. The van der Waals surface area contributed by atoms with Gasteiger partial charge in [-0.25, -0.2) is 4.98 Å². The van der Waals surface area contributed by atoms with Crippen molar-refractivity contribution in [1.82, 2.24) is 4.98 Å². The van der Waals surface area contributed by atoms with Crippen LogP contribution in [-0.4, -0.2) is 28.1 Å². The van der Waals surface area contributed by atoms with E-state index in [1.807, 2.05) is 0 Å². The Morgan fingerprint density at radius 2 is 2.40 bits per heavy atom. The largest absolute Gasteiger partial charge is 0.481 e. The zero-order valence-electron chi connectivity index (χ0n) is 7.75. The Balaban J connectivity index is 3.35. The van der Waals surface area contributed by atoms with Crippen molar-refractivity contribution in [2.75, 3.05) is 7.11 Å². The van der Waals surface area contributed by atoms with Crippen LogP contribution in [-0.2, 0) is 0 Å². The molecule has 15 heavy (non-hydrogen) atoms. The van der Waals surface area contributed by atoms with Crippen LogP contribution in [0.15, 0.2) is 17.3 Å². The summed E-state index contributed by atoms with van der Waals surface area (Å²) in [7, 11) is 1.35. The topological polar surface area (TPSA) is 124 Å². The first-order valence-corrected chi connectivity index (χ1v) is 3.77. The molecule has 0 fully saturated rings. The predicted molar refractivity (Wildman–Crippen MR) is 50.0 cm³/mol. The summed E-state index contributed by atoms with van der Waals surface area (Å²) in [6.07, 6.45) is 0. The fraction of sp³-hybridized carbons (Fsp3) is 0.143. The Bertz CT molecular complexity index is 417. The average molecular weight is 212 g/mol. The van der Waals surface area contributed by atoms with Gasteiger partial charge in [0, 0.05) is 12.1 Å². The number of oxime groups is 1. The van der Waals surface area contributed by atoms with E-state index in [2.05, 4.69) is 10.1 Å². The highest BCUT2D eigenvalue weighted by atomic mass is 16.6. The van der Waals surface area contributed by atoms with Crippen LogP contribution in [0, 0.1) is 10.1 Å². The molecule has 0 aliphatic carbocycles. The van der Waals surface area contributed by atoms with Crippen molar-refractivity contribution in [2.45, 2.75) is 0 Å². The Kier molecular flexibility index (Phi) is 3.01. The molecule has 80 valence electrons. The highest BCUT2D eigenvalue weighted by Crippen LogP contribution is 2.19. The maximum atomic E-state index is 10.6. The van der Waals surface area contributed by atoms with E-state index in [0.29, 0.717) is 0 Å². The number of nitro groups is 1. The Morgan fingerprint density at radius 1 is 1.73 bits per heavy atom. The fourth-order valence-electron chi connectivity index (χ4n) is 0.931. The molecule has 1 aromatic heterocycles. The van der Waals surface area contributed by atoms with E-state index < -0.39 is 10.8 Å². The number of hydrogen-bond donors (Lipinski definition) is 2. The summed E-state index contributed by atoms with van der Waals surface area (Å²) in [5.74, 6) is -0.303. The molecule has 0 spiro atoms. The van der Waals surface area contributed by atoms with Crippen LogP contribution in [0.2, 0.25) is 0 Å². The quantitative estimate of drug-likeness (QED) is 0.240. The Morgan fingerprint density at radius 3 is 2.87 bits per heavy atom. The standard InChI is InChI=1S/C7H8N4O4/c1-15-5-3-2-4(11(13)14)6(9-5)7(8)10-12/h2-3,12H,1H3,(H2,8,10). The van der Waals surface area contributed by atoms with Crippen LogP contribution in [0.3, 0.4) is 0 Å². The van der Waals surface area contributed by atoms with Gasteiger partial charge in [0.15, 0.2) is 11.5 Å². The van der Waals surface area contributed by atoms with E-state index in [9.17, 15) is 10.1 Å². The van der Waals surface area contributed by atoms with E-state index in [1.54, 1.807) is 0 Å². The second-order valence-corrected chi connectivity index (χ2v) is 2.46. The SMILES string of the molecule is COc1ccc([N+](=O)[O-])c(/C(N)=N/O)n1. The molecule has 0 atom stereocenters. The minimum atomic E-state index is -0.681. The third-order valence-corrected chi connectivity index (χ3v) is 1.60. The lowest BCUT2D eigenvalue weighted by atomic mass is 10.3. The van der Waals surface area contributed by atoms with Gasteiger partial charge >= 0.3 is 0 Å². The second-order valence-electron chi connectivity index (χ2n) is 2.46. The van der Waals surface area contributed by atoms with E-state index in [4.69, 9.17) is 15.7 Å². The Labute approximate surface area is 84.1 Å². The van der Waals surface area contributed by atoms with Crippen LogP contribution in [0.5, 0.6) is 5.88 Å². The van der Waals surface area contributed by atoms with Gasteiger partial charge in [-0.15, -0.1) is 0 Å². The van der Waals surface area contributed by atoms with Crippen molar-refractivity contribution in [3.05, 3.63) is 27.9 Å². The number of methoxy groups -OCH3 is 1. The first-order valence-electron chi connectivity index (χ1n) is 3.77. The molecule has 0 radical (unpaired) electrons. The molecule has 1 heterocycles. The molecular weight excluding hydrogens is 204 g/mol. The third-order valence-electron chi connectivity index (χ3n) is 1.60. The van der Waals surface area contributed by atoms with Gasteiger partial charge in [0.2, 0.25) is 5.88 Å². The van der Waals surface area contributed by atoms with Gasteiger partial charge in [-0.2, -0.15) is 0 Å². The Hall–Kier alpha value is -2.38. The summed E-state index contributed by atoms with van der Waals surface area (Å²) in [6.45, 7) is 0. The lowest BCUT2D eigenvalue weighted by Crippen LogP contribution is -2.17. The number of nitrogens with zero attached hydrogens (tertiary/aromatic N) is 3. The number of aromatic nitrogens is 1. The molecule has 1 rings (SSSR count). The number of nitrogens with two attached hydrogens (primary N) is 1. The summed E-state index contributed by atoms with van der Waals surface area (Å²) >= 11 is 0. The molecule has 0 unspecified atom stereocenters. The van der Waals surface area contributed by atoms with Crippen LogP contribution < -0.4 is 10.5 Å². The first kappa shape index (κ1) is 10.7. The van der Waals surface area contributed by atoms with Crippen LogP contribution in [0.25, 0.3) is 0 Å². The summed E-state index contributed by atoms with van der Waals surface area (Å²) in [5, 5.41) is 21.6. The molecule has 0 saturated carbocycles. The molecule has 8 heteroatoms. The fourth-order valence-corrected chi connectivity index (χ4v) is 0.931. The molecule has 0 amide bonds. The van der Waals surface area contributed by atoms with E-state index in [0.717, 1.165) is 0 Å². The average Bonchev–Trinajstić information content (AvgIpc) is 2.26. The maximum Gasteiger partial charge on any atom is 0.299 e. The minimum absolute atomic E-state index is 0.141. The van der Waals surface area contributed by atoms with Gasteiger partial charge in [-0.1, -0.05) is 5.16 Å². The molecule has 0 saturated heterocycles. The van der Waals surface area contributed by atoms with Gasteiger partial charge in [-0.3, -0.25) is 10.1 Å². The van der Waals surface area contributed by atoms with Crippen molar-refractivity contribution in [2.24, 2.45) is 10.9 Å². The minimum Gasteiger partial charge on any atom is -0.481 e. The van der Waals surface area contributed by atoms with Crippen molar-refractivity contribution in [3.8, 4) is 5.88 Å². The van der Waals surface area contributed by atoms with E-state index in [-0.39, 0.29) is 17.3 Å². The smallest absolute Gasteiger partial charge is 0.299 e. The molecule has 0 aliphatic rings. The number of hydrogen-bond acceptors (Lipinski definition) is 6.